The highest BCUT2D eigenvalue weighted by Crippen LogP contribution is 2.44. The Balaban J connectivity index is 2.48. The van der Waals surface area contributed by atoms with Crippen molar-refractivity contribution in [3.05, 3.63) is 41.5 Å². The lowest BCUT2D eigenvalue weighted by atomic mass is 9.99. The van der Waals surface area contributed by atoms with Crippen LogP contribution in [-0.4, -0.2) is 5.11 Å². The molecule has 2 rings (SSSR count). The second-order valence-corrected chi connectivity index (χ2v) is 4.02. The third-order valence-electron chi connectivity index (χ3n) is 2.71. The molecule has 0 unspecified atom stereocenters. The van der Waals surface area contributed by atoms with Gasteiger partial charge in [0.25, 0.3) is 0 Å². The number of halogens is 3. The van der Waals surface area contributed by atoms with E-state index in [4.69, 9.17) is 0 Å². The SMILES string of the molecule is C=C(O)c1ccc(C(F)(F)F)cc1C1CC1. The highest BCUT2D eigenvalue weighted by Gasteiger charge is 2.34. The lowest BCUT2D eigenvalue weighted by molar-refractivity contribution is -0.137. The Morgan fingerprint density at radius 1 is 1.31 bits per heavy atom. The van der Waals surface area contributed by atoms with E-state index in [9.17, 15) is 18.3 Å². The van der Waals surface area contributed by atoms with Crippen molar-refractivity contribution in [2.24, 2.45) is 0 Å². The first-order valence-electron chi connectivity index (χ1n) is 4.99. The first kappa shape index (κ1) is 11.0. The molecule has 0 amide bonds. The molecule has 1 saturated carbocycles. The number of rotatable bonds is 2. The fourth-order valence-corrected chi connectivity index (χ4v) is 1.73. The van der Waals surface area contributed by atoms with Crippen LogP contribution in [0.5, 0.6) is 0 Å². The zero-order valence-electron chi connectivity index (χ0n) is 8.51. The molecule has 0 atom stereocenters. The third kappa shape index (κ3) is 2.05. The molecule has 0 spiro atoms. The molecule has 0 heterocycles. The van der Waals surface area contributed by atoms with Gasteiger partial charge >= 0.3 is 6.18 Å². The van der Waals surface area contributed by atoms with Crippen LogP contribution in [0.1, 0.15) is 35.4 Å². The second-order valence-electron chi connectivity index (χ2n) is 4.02. The number of hydrogen-bond acceptors (Lipinski definition) is 1. The molecular weight excluding hydrogens is 217 g/mol. The Kier molecular flexibility index (Phi) is 2.45. The number of hydrogen-bond donors (Lipinski definition) is 1. The van der Waals surface area contributed by atoms with E-state index in [1.807, 2.05) is 0 Å². The van der Waals surface area contributed by atoms with Crippen molar-refractivity contribution in [3.63, 3.8) is 0 Å². The van der Waals surface area contributed by atoms with Gasteiger partial charge in [0.2, 0.25) is 0 Å². The Morgan fingerprint density at radius 3 is 2.38 bits per heavy atom. The van der Waals surface area contributed by atoms with Gasteiger partial charge in [-0.1, -0.05) is 12.6 Å². The van der Waals surface area contributed by atoms with Crippen molar-refractivity contribution >= 4 is 5.76 Å². The zero-order valence-corrected chi connectivity index (χ0v) is 8.51. The Morgan fingerprint density at radius 2 is 1.94 bits per heavy atom. The number of aliphatic hydroxyl groups is 1. The van der Waals surface area contributed by atoms with Gasteiger partial charge in [-0.3, -0.25) is 0 Å². The van der Waals surface area contributed by atoms with Crippen molar-refractivity contribution in [3.8, 4) is 0 Å². The van der Waals surface area contributed by atoms with E-state index in [1.54, 1.807) is 0 Å². The van der Waals surface area contributed by atoms with Crippen molar-refractivity contribution in [1.82, 2.24) is 0 Å². The summed E-state index contributed by atoms with van der Waals surface area (Å²) in [4.78, 5) is 0. The van der Waals surface area contributed by atoms with Gasteiger partial charge in [0.1, 0.15) is 5.76 Å². The lowest BCUT2D eigenvalue weighted by Crippen LogP contribution is -2.06. The second kappa shape index (κ2) is 3.54. The van der Waals surface area contributed by atoms with Gasteiger partial charge in [0, 0.05) is 5.56 Å². The summed E-state index contributed by atoms with van der Waals surface area (Å²) in [6.45, 7) is 3.36. The molecule has 0 aliphatic heterocycles. The van der Waals surface area contributed by atoms with E-state index in [0.717, 1.165) is 25.0 Å². The fourth-order valence-electron chi connectivity index (χ4n) is 1.73. The summed E-state index contributed by atoms with van der Waals surface area (Å²) in [5, 5.41) is 9.30. The molecule has 4 heteroatoms. The minimum absolute atomic E-state index is 0.140. The first-order valence-corrected chi connectivity index (χ1v) is 4.99. The van der Waals surface area contributed by atoms with Crippen molar-refractivity contribution in [2.45, 2.75) is 24.9 Å². The third-order valence-corrected chi connectivity index (χ3v) is 2.71. The van der Waals surface area contributed by atoms with E-state index in [1.165, 1.54) is 6.07 Å². The normalized spacial score (nSPS) is 16.2. The van der Waals surface area contributed by atoms with Crippen LogP contribution >= 0.6 is 0 Å². The van der Waals surface area contributed by atoms with Crippen LogP contribution in [-0.2, 0) is 6.18 Å². The predicted molar refractivity (Wildman–Crippen MR) is 55.1 cm³/mol. The number of aliphatic hydroxyl groups excluding tert-OH is 1. The number of alkyl halides is 3. The van der Waals surface area contributed by atoms with Crippen molar-refractivity contribution < 1.29 is 18.3 Å². The molecule has 1 fully saturated rings. The van der Waals surface area contributed by atoms with Crippen LogP contribution in [0.4, 0.5) is 13.2 Å². The van der Waals surface area contributed by atoms with E-state index in [-0.39, 0.29) is 11.7 Å². The monoisotopic (exact) mass is 228 g/mol. The van der Waals surface area contributed by atoms with Gasteiger partial charge in [-0.15, -0.1) is 0 Å². The molecule has 1 N–H and O–H groups in total. The molecule has 1 aromatic rings. The van der Waals surface area contributed by atoms with Crippen LogP contribution in [0.15, 0.2) is 24.8 Å². The maximum atomic E-state index is 12.5. The standard InChI is InChI=1S/C12H11F3O/c1-7(16)10-5-4-9(12(13,14)15)6-11(10)8-2-3-8/h4-6,8,16H,1-3H2. The van der Waals surface area contributed by atoms with Crippen LogP contribution in [0.3, 0.4) is 0 Å². The summed E-state index contributed by atoms with van der Waals surface area (Å²) in [5.41, 5.74) is 0.317. The van der Waals surface area contributed by atoms with Gasteiger partial charge in [0.15, 0.2) is 0 Å². The van der Waals surface area contributed by atoms with Crippen LogP contribution < -0.4 is 0 Å². The van der Waals surface area contributed by atoms with E-state index < -0.39 is 11.7 Å². The Labute approximate surface area is 91.2 Å². The zero-order chi connectivity index (χ0) is 11.9. The molecule has 1 aliphatic rings. The summed E-state index contributed by atoms with van der Waals surface area (Å²) in [5.74, 6) is -0.0307. The predicted octanol–water partition coefficient (Wildman–Crippen LogP) is 4.11. The summed E-state index contributed by atoms with van der Waals surface area (Å²) in [6, 6.07) is 3.38. The molecule has 0 aromatic heterocycles. The minimum Gasteiger partial charge on any atom is -0.508 e. The van der Waals surface area contributed by atoms with Crippen LogP contribution in [0.2, 0.25) is 0 Å². The molecular formula is C12H11F3O. The highest BCUT2D eigenvalue weighted by atomic mass is 19.4. The molecule has 0 bridgehead atoms. The quantitative estimate of drug-likeness (QED) is 0.755. The van der Waals surface area contributed by atoms with Crippen molar-refractivity contribution in [1.29, 1.82) is 0 Å². The summed E-state index contributed by atoms with van der Waals surface area (Å²) < 4.78 is 37.5. The van der Waals surface area contributed by atoms with Gasteiger partial charge in [0.05, 0.1) is 5.56 Å². The molecule has 1 aliphatic carbocycles. The summed E-state index contributed by atoms with van der Waals surface area (Å²) in [6.07, 6.45) is -2.58. The molecule has 16 heavy (non-hydrogen) atoms. The topological polar surface area (TPSA) is 20.2 Å². The number of benzene rings is 1. The van der Waals surface area contributed by atoms with E-state index in [2.05, 4.69) is 6.58 Å². The van der Waals surface area contributed by atoms with Gasteiger partial charge < -0.3 is 5.11 Å². The highest BCUT2D eigenvalue weighted by molar-refractivity contribution is 5.62. The summed E-state index contributed by atoms with van der Waals surface area (Å²) >= 11 is 0. The van der Waals surface area contributed by atoms with E-state index >= 15 is 0 Å². The minimum atomic E-state index is -4.33. The summed E-state index contributed by atoms with van der Waals surface area (Å²) in [7, 11) is 0. The average Bonchev–Trinajstić information content (AvgIpc) is 2.98. The average molecular weight is 228 g/mol. The van der Waals surface area contributed by atoms with E-state index in [0.29, 0.717) is 11.1 Å². The maximum Gasteiger partial charge on any atom is 0.416 e. The first-order chi connectivity index (χ1) is 7.39. The Bertz CT molecular complexity index is 430. The molecule has 86 valence electrons. The van der Waals surface area contributed by atoms with Gasteiger partial charge in [-0.05, 0) is 36.5 Å². The van der Waals surface area contributed by atoms with Gasteiger partial charge in [-0.25, -0.2) is 0 Å². The molecule has 1 aromatic carbocycles. The maximum absolute atomic E-state index is 12.5. The smallest absolute Gasteiger partial charge is 0.416 e. The van der Waals surface area contributed by atoms with Crippen LogP contribution in [0, 0.1) is 0 Å². The lowest BCUT2D eigenvalue weighted by Gasteiger charge is -2.12. The van der Waals surface area contributed by atoms with Crippen LogP contribution in [0.25, 0.3) is 5.76 Å². The molecule has 0 saturated heterocycles. The molecule has 0 radical (unpaired) electrons. The Hall–Kier alpha value is -1.45. The van der Waals surface area contributed by atoms with Gasteiger partial charge in [-0.2, -0.15) is 13.2 Å². The fraction of sp³-hybridized carbons (Fsp3) is 0.333. The molecule has 1 nitrogen and oxygen atoms in total. The largest absolute Gasteiger partial charge is 0.508 e. The van der Waals surface area contributed by atoms with Crippen molar-refractivity contribution in [2.75, 3.05) is 0 Å².